The number of piperazine rings is 1. The highest BCUT2D eigenvalue weighted by atomic mass is 16.2. The van der Waals surface area contributed by atoms with E-state index >= 15 is 0 Å². The Morgan fingerprint density at radius 3 is 2.58 bits per heavy atom. The van der Waals surface area contributed by atoms with Gasteiger partial charge in [0.25, 0.3) is 0 Å². The van der Waals surface area contributed by atoms with Crippen LogP contribution in [0.4, 0.5) is 5.82 Å². The van der Waals surface area contributed by atoms with Crippen molar-refractivity contribution in [2.24, 2.45) is 0 Å². The van der Waals surface area contributed by atoms with Gasteiger partial charge in [-0.05, 0) is 31.0 Å². The Labute approximate surface area is 153 Å². The quantitative estimate of drug-likeness (QED) is 0.725. The number of hydrogen-bond acceptors (Lipinski definition) is 4. The fourth-order valence-electron chi connectivity index (χ4n) is 3.39. The van der Waals surface area contributed by atoms with Crippen LogP contribution in [0.3, 0.4) is 0 Å². The summed E-state index contributed by atoms with van der Waals surface area (Å²) in [6.07, 6.45) is 3.20. The third kappa shape index (κ3) is 3.40. The van der Waals surface area contributed by atoms with Gasteiger partial charge in [0, 0.05) is 32.6 Å². The second kappa shape index (κ2) is 7.15. The van der Waals surface area contributed by atoms with Crippen molar-refractivity contribution in [1.82, 2.24) is 19.5 Å². The highest BCUT2D eigenvalue weighted by Crippen LogP contribution is 2.16. The first-order chi connectivity index (χ1) is 12.7. The van der Waals surface area contributed by atoms with Crippen molar-refractivity contribution < 1.29 is 4.79 Å². The third-order valence-corrected chi connectivity index (χ3v) is 4.95. The van der Waals surface area contributed by atoms with Gasteiger partial charge < -0.3 is 9.80 Å². The maximum atomic E-state index is 12.5. The number of carbonyl (C=O) groups excluding carboxylic acids is 1. The number of rotatable bonds is 4. The minimum absolute atomic E-state index is 0.238. The maximum Gasteiger partial charge on any atom is 0.223 e. The van der Waals surface area contributed by atoms with Gasteiger partial charge in [-0.1, -0.05) is 30.3 Å². The lowest BCUT2D eigenvalue weighted by Gasteiger charge is -2.35. The predicted octanol–water partition coefficient (Wildman–Crippen LogP) is 2.32. The summed E-state index contributed by atoms with van der Waals surface area (Å²) in [6, 6.07) is 14.2. The first-order valence-electron chi connectivity index (χ1n) is 9.09. The second-order valence-electron chi connectivity index (χ2n) is 6.71. The molecule has 1 amide bonds. The smallest absolute Gasteiger partial charge is 0.223 e. The van der Waals surface area contributed by atoms with E-state index in [2.05, 4.69) is 27.1 Å². The zero-order valence-electron chi connectivity index (χ0n) is 15.0. The van der Waals surface area contributed by atoms with Gasteiger partial charge >= 0.3 is 0 Å². The number of amides is 1. The molecule has 0 bridgehead atoms. The summed E-state index contributed by atoms with van der Waals surface area (Å²) in [5.74, 6) is 1.18. The van der Waals surface area contributed by atoms with Crippen LogP contribution in [0.5, 0.6) is 0 Å². The van der Waals surface area contributed by atoms with Gasteiger partial charge in [0.15, 0.2) is 5.65 Å². The van der Waals surface area contributed by atoms with Crippen LogP contribution in [0.1, 0.15) is 17.7 Å². The molecule has 0 unspecified atom stereocenters. The summed E-state index contributed by atoms with van der Waals surface area (Å²) in [4.78, 5) is 21.0. The number of fused-ring (bicyclic) bond motifs is 1. The molecule has 4 rings (SSSR count). The van der Waals surface area contributed by atoms with Crippen LogP contribution < -0.4 is 4.90 Å². The van der Waals surface area contributed by atoms with E-state index < -0.39 is 0 Å². The lowest BCUT2D eigenvalue weighted by molar-refractivity contribution is -0.131. The Morgan fingerprint density at radius 2 is 1.81 bits per heavy atom. The second-order valence-corrected chi connectivity index (χ2v) is 6.71. The molecule has 0 radical (unpaired) electrons. The molecule has 0 N–H and O–H groups in total. The van der Waals surface area contributed by atoms with E-state index in [4.69, 9.17) is 0 Å². The van der Waals surface area contributed by atoms with Crippen LogP contribution in [0, 0.1) is 6.92 Å². The fourth-order valence-corrected chi connectivity index (χ4v) is 3.39. The molecule has 3 heterocycles. The Morgan fingerprint density at radius 1 is 1.04 bits per heavy atom. The summed E-state index contributed by atoms with van der Waals surface area (Å²) in [7, 11) is 0. The zero-order chi connectivity index (χ0) is 17.9. The van der Waals surface area contributed by atoms with Gasteiger partial charge in [0.2, 0.25) is 5.91 Å². The number of anilines is 1. The molecule has 6 nitrogen and oxygen atoms in total. The Kier molecular flexibility index (Phi) is 4.56. The van der Waals surface area contributed by atoms with E-state index in [9.17, 15) is 4.79 Å². The SMILES string of the molecule is Cc1cnc2ccc(N3CCN(C(=O)CCc4ccccc4)CC3)nn12. The number of benzene rings is 1. The molecular formula is C20H23N5O. The highest BCUT2D eigenvalue weighted by molar-refractivity contribution is 5.76. The molecule has 26 heavy (non-hydrogen) atoms. The molecule has 6 heteroatoms. The molecule has 134 valence electrons. The molecule has 2 aromatic heterocycles. The van der Waals surface area contributed by atoms with Crippen molar-refractivity contribution in [3.63, 3.8) is 0 Å². The van der Waals surface area contributed by atoms with Crippen LogP contribution in [0.25, 0.3) is 5.65 Å². The Hall–Kier alpha value is -2.89. The minimum atomic E-state index is 0.238. The van der Waals surface area contributed by atoms with E-state index in [1.807, 2.05) is 52.9 Å². The van der Waals surface area contributed by atoms with E-state index in [0.717, 1.165) is 49.8 Å². The first kappa shape index (κ1) is 16.6. The summed E-state index contributed by atoms with van der Waals surface area (Å²) in [5, 5.41) is 4.68. The van der Waals surface area contributed by atoms with Crippen molar-refractivity contribution in [2.75, 3.05) is 31.1 Å². The minimum Gasteiger partial charge on any atom is -0.352 e. The van der Waals surface area contributed by atoms with Gasteiger partial charge in [-0.2, -0.15) is 0 Å². The molecule has 1 saturated heterocycles. The lowest BCUT2D eigenvalue weighted by Crippen LogP contribution is -2.49. The van der Waals surface area contributed by atoms with Crippen molar-refractivity contribution >= 4 is 17.4 Å². The standard InChI is InChI=1S/C20H23N5O/c1-16-15-21-18-8-9-19(22-25(16)18)23-11-13-24(14-12-23)20(26)10-7-17-5-3-2-4-6-17/h2-6,8-9,15H,7,10-14H2,1H3. The van der Waals surface area contributed by atoms with Gasteiger partial charge in [-0.3, -0.25) is 4.79 Å². The Bertz CT molecular complexity index is 897. The molecular weight excluding hydrogens is 326 g/mol. The van der Waals surface area contributed by atoms with Crippen LogP contribution >= 0.6 is 0 Å². The van der Waals surface area contributed by atoms with Crippen LogP contribution in [0.15, 0.2) is 48.7 Å². The van der Waals surface area contributed by atoms with Crippen LogP contribution in [-0.4, -0.2) is 51.6 Å². The fraction of sp³-hybridized carbons (Fsp3) is 0.350. The average Bonchev–Trinajstić information content (AvgIpc) is 3.07. The average molecular weight is 349 g/mol. The van der Waals surface area contributed by atoms with Crippen molar-refractivity contribution in [1.29, 1.82) is 0 Å². The molecule has 0 aliphatic carbocycles. The monoisotopic (exact) mass is 349 g/mol. The topological polar surface area (TPSA) is 53.7 Å². The lowest BCUT2D eigenvalue weighted by atomic mass is 10.1. The summed E-state index contributed by atoms with van der Waals surface area (Å²) in [5.41, 5.74) is 3.10. The summed E-state index contributed by atoms with van der Waals surface area (Å²) >= 11 is 0. The van der Waals surface area contributed by atoms with E-state index in [1.54, 1.807) is 0 Å². The number of aromatic nitrogens is 3. The molecule has 1 aromatic carbocycles. The molecule has 0 saturated carbocycles. The highest BCUT2D eigenvalue weighted by Gasteiger charge is 2.22. The molecule has 1 fully saturated rings. The van der Waals surface area contributed by atoms with E-state index in [0.29, 0.717) is 6.42 Å². The maximum absolute atomic E-state index is 12.5. The van der Waals surface area contributed by atoms with Gasteiger partial charge in [0.05, 0.1) is 11.9 Å². The number of nitrogens with zero attached hydrogens (tertiary/aromatic N) is 5. The van der Waals surface area contributed by atoms with Gasteiger partial charge in [-0.15, -0.1) is 5.10 Å². The summed E-state index contributed by atoms with van der Waals surface area (Å²) < 4.78 is 1.87. The largest absolute Gasteiger partial charge is 0.352 e. The molecule has 3 aromatic rings. The molecule has 0 atom stereocenters. The number of aryl methyl sites for hydroxylation is 2. The predicted molar refractivity (Wildman–Crippen MR) is 101 cm³/mol. The van der Waals surface area contributed by atoms with E-state index in [1.165, 1.54) is 5.56 Å². The third-order valence-electron chi connectivity index (χ3n) is 4.95. The number of imidazole rings is 1. The Balaban J connectivity index is 1.34. The molecule has 0 spiro atoms. The number of hydrogen-bond donors (Lipinski definition) is 0. The van der Waals surface area contributed by atoms with Gasteiger partial charge in [0.1, 0.15) is 5.82 Å². The zero-order valence-corrected chi connectivity index (χ0v) is 15.0. The van der Waals surface area contributed by atoms with Crippen molar-refractivity contribution in [3.05, 3.63) is 59.9 Å². The van der Waals surface area contributed by atoms with Crippen molar-refractivity contribution in [3.8, 4) is 0 Å². The first-order valence-corrected chi connectivity index (χ1v) is 9.09. The molecule has 1 aliphatic rings. The molecule has 1 aliphatic heterocycles. The van der Waals surface area contributed by atoms with Crippen molar-refractivity contribution in [2.45, 2.75) is 19.8 Å². The number of carbonyl (C=O) groups is 1. The van der Waals surface area contributed by atoms with Gasteiger partial charge in [-0.25, -0.2) is 9.50 Å². The van der Waals surface area contributed by atoms with E-state index in [-0.39, 0.29) is 5.91 Å². The normalized spacial score (nSPS) is 14.8. The van der Waals surface area contributed by atoms with Crippen LogP contribution in [0.2, 0.25) is 0 Å². The summed E-state index contributed by atoms with van der Waals surface area (Å²) in [6.45, 7) is 5.11. The van der Waals surface area contributed by atoms with Crippen LogP contribution in [-0.2, 0) is 11.2 Å².